The van der Waals surface area contributed by atoms with Crippen LogP contribution >= 0.6 is 0 Å². The normalized spacial score (nSPS) is 11.2. The van der Waals surface area contributed by atoms with Crippen LogP contribution in [0.15, 0.2) is 53.4 Å². The van der Waals surface area contributed by atoms with E-state index in [1.54, 1.807) is 24.1 Å². The molecule has 0 spiro atoms. The largest absolute Gasteiger partial charge is 0.497 e. The van der Waals surface area contributed by atoms with Crippen LogP contribution in [0.1, 0.15) is 29.8 Å². The number of amides is 1. The topological polar surface area (TPSA) is 75.7 Å². The number of sulfonamides is 1. The highest BCUT2D eigenvalue weighted by Gasteiger charge is 2.18. The molecule has 2 aromatic carbocycles. The molecule has 0 aromatic heterocycles. The van der Waals surface area contributed by atoms with Gasteiger partial charge in [-0.1, -0.05) is 18.2 Å². The van der Waals surface area contributed by atoms with Crippen molar-refractivity contribution in [2.75, 3.05) is 26.7 Å². The fourth-order valence-electron chi connectivity index (χ4n) is 2.73. The molecule has 6 nitrogen and oxygen atoms in total. The molecule has 0 atom stereocenters. The Bertz CT molecular complexity index is 877. The predicted octanol–water partition coefficient (Wildman–Crippen LogP) is 2.70. The Kier molecular flexibility index (Phi) is 7.38. The number of carbonyl (C=O) groups is 1. The molecule has 0 aliphatic heterocycles. The molecule has 146 valence electrons. The minimum atomic E-state index is -3.69. The maximum absolute atomic E-state index is 12.6. The van der Waals surface area contributed by atoms with E-state index < -0.39 is 10.0 Å². The zero-order valence-corrected chi connectivity index (χ0v) is 16.8. The third-order valence-electron chi connectivity index (χ3n) is 4.28. The van der Waals surface area contributed by atoms with Gasteiger partial charge in [0, 0.05) is 25.2 Å². The van der Waals surface area contributed by atoms with E-state index in [0.717, 1.165) is 11.3 Å². The molecule has 1 amide bonds. The Morgan fingerprint density at radius 3 is 2.44 bits per heavy atom. The molecule has 0 saturated carbocycles. The highest BCUT2D eigenvalue weighted by atomic mass is 32.2. The number of nitrogens with one attached hydrogen (secondary N) is 1. The minimum Gasteiger partial charge on any atom is -0.497 e. The van der Waals surface area contributed by atoms with Crippen LogP contribution in [0, 0.1) is 0 Å². The zero-order valence-electron chi connectivity index (χ0n) is 15.9. The Morgan fingerprint density at radius 1 is 1.07 bits per heavy atom. The van der Waals surface area contributed by atoms with Crippen LogP contribution in [-0.2, 0) is 16.4 Å². The van der Waals surface area contributed by atoms with E-state index in [0.29, 0.717) is 25.1 Å². The minimum absolute atomic E-state index is 0.0890. The van der Waals surface area contributed by atoms with Crippen molar-refractivity contribution in [1.82, 2.24) is 9.62 Å². The highest BCUT2D eigenvalue weighted by Crippen LogP contribution is 2.15. The molecule has 0 fully saturated rings. The number of rotatable bonds is 9. The molecule has 0 aliphatic carbocycles. The lowest BCUT2D eigenvalue weighted by Crippen LogP contribution is -2.31. The summed E-state index contributed by atoms with van der Waals surface area (Å²) in [5, 5.41) is 0. The fourth-order valence-corrected chi connectivity index (χ4v) is 3.81. The van der Waals surface area contributed by atoms with Crippen LogP contribution in [0.4, 0.5) is 0 Å². The van der Waals surface area contributed by atoms with Gasteiger partial charge in [-0.3, -0.25) is 4.79 Å². The molecule has 2 aromatic rings. The molecular weight excluding hydrogens is 364 g/mol. The van der Waals surface area contributed by atoms with Gasteiger partial charge in [-0.15, -0.1) is 0 Å². The Labute approximate surface area is 161 Å². The summed E-state index contributed by atoms with van der Waals surface area (Å²) in [6.45, 7) is 5.18. The highest BCUT2D eigenvalue weighted by molar-refractivity contribution is 7.89. The summed E-state index contributed by atoms with van der Waals surface area (Å²) in [7, 11) is -2.10. The lowest BCUT2D eigenvalue weighted by molar-refractivity contribution is 0.0772. The maximum atomic E-state index is 12.6. The maximum Gasteiger partial charge on any atom is 0.253 e. The molecule has 0 heterocycles. The molecule has 0 aliphatic rings. The smallest absolute Gasteiger partial charge is 0.253 e. The first-order chi connectivity index (χ1) is 12.9. The molecule has 0 bridgehead atoms. The van der Waals surface area contributed by atoms with Gasteiger partial charge < -0.3 is 9.64 Å². The van der Waals surface area contributed by atoms with E-state index in [2.05, 4.69) is 4.72 Å². The second kappa shape index (κ2) is 9.53. The summed E-state index contributed by atoms with van der Waals surface area (Å²) in [6.07, 6.45) is 0.536. The van der Waals surface area contributed by atoms with Crippen molar-refractivity contribution in [2.45, 2.75) is 25.2 Å². The number of methoxy groups -OCH3 is 1. The Balaban J connectivity index is 2.07. The van der Waals surface area contributed by atoms with Crippen molar-refractivity contribution in [3.05, 3.63) is 59.7 Å². The first-order valence-electron chi connectivity index (χ1n) is 8.93. The molecule has 0 radical (unpaired) electrons. The summed E-state index contributed by atoms with van der Waals surface area (Å²) in [5.74, 6) is 0.561. The molecule has 2 rings (SSSR count). The number of nitrogens with zero attached hydrogens (tertiary/aromatic N) is 1. The van der Waals surface area contributed by atoms with E-state index in [4.69, 9.17) is 4.74 Å². The van der Waals surface area contributed by atoms with Gasteiger partial charge in [0.2, 0.25) is 10.0 Å². The number of hydrogen-bond acceptors (Lipinski definition) is 4. The summed E-state index contributed by atoms with van der Waals surface area (Å²) in [5.41, 5.74) is 1.34. The lowest BCUT2D eigenvalue weighted by Gasteiger charge is -2.19. The second-order valence-electron chi connectivity index (χ2n) is 6.00. The summed E-state index contributed by atoms with van der Waals surface area (Å²) in [4.78, 5) is 14.2. The van der Waals surface area contributed by atoms with Gasteiger partial charge >= 0.3 is 0 Å². The SMILES string of the molecule is CCN(CC)C(=O)c1cccc(S(=O)(=O)NCCc2cccc(OC)c2)c1. The van der Waals surface area contributed by atoms with Crippen LogP contribution in [0.25, 0.3) is 0 Å². The number of hydrogen-bond donors (Lipinski definition) is 1. The van der Waals surface area contributed by atoms with Crippen molar-refractivity contribution in [2.24, 2.45) is 0 Å². The van der Waals surface area contributed by atoms with Crippen LogP contribution in [0.5, 0.6) is 5.75 Å². The average molecular weight is 391 g/mol. The summed E-state index contributed by atoms with van der Waals surface area (Å²) >= 11 is 0. The molecule has 0 saturated heterocycles. The van der Waals surface area contributed by atoms with Gasteiger partial charge in [0.1, 0.15) is 5.75 Å². The summed E-state index contributed by atoms with van der Waals surface area (Å²) < 4.78 is 32.9. The molecular formula is C20H26N2O4S. The fraction of sp³-hybridized carbons (Fsp3) is 0.350. The summed E-state index contributed by atoms with van der Waals surface area (Å²) in [6, 6.07) is 13.6. The molecule has 7 heteroatoms. The van der Waals surface area contributed by atoms with E-state index in [1.807, 2.05) is 38.1 Å². The lowest BCUT2D eigenvalue weighted by atomic mass is 10.1. The molecule has 27 heavy (non-hydrogen) atoms. The predicted molar refractivity (Wildman–Crippen MR) is 106 cm³/mol. The van der Waals surface area contributed by atoms with Gasteiger partial charge in [0.05, 0.1) is 12.0 Å². The Morgan fingerprint density at radius 2 is 1.78 bits per heavy atom. The molecule has 0 unspecified atom stereocenters. The quantitative estimate of drug-likeness (QED) is 0.714. The molecule has 1 N–H and O–H groups in total. The van der Waals surface area contributed by atoms with Crippen molar-refractivity contribution in [1.29, 1.82) is 0 Å². The van der Waals surface area contributed by atoms with E-state index in [9.17, 15) is 13.2 Å². The first-order valence-corrected chi connectivity index (χ1v) is 10.4. The van der Waals surface area contributed by atoms with E-state index >= 15 is 0 Å². The van der Waals surface area contributed by atoms with Gasteiger partial charge in [-0.05, 0) is 56.2 Å². The van der Waals surface area contributed by atoms with Crippen molar-refractivity contribution >= 4 is 15.9 Å². The van der Waals surface area contributed by atoms with Crippen LogP contribution in [0.2, 0.25) is 0 Å². The standard InChI is InChI=1S/C20H26N2O4S/c1-4-22(5-2)20(23)17-9-7-11-19(15-17)27(24,25)21-13-12-16-8-6-10-18(14-16)26-3/h6-11,14-15,21H,4-5,12-13H2,1-3H3. The van der Waals surface area contributed by atoms with Crippen LogP contribution < -0.4 is 9.46 Å². The van der Waals surface area contributed by atoms with Crippen LogP contribution in [0.3, 0.4) is 0 Å². The van der Waals surface area contributed by atoms with Gasteiger partial charge in [0.25, 0.3) is 5.91 Å². The van der Waals surface area contributed by atoms with Crippen molar-refractivity contribution in [3.8, 4) is 5.75 Å². The van der Waals surface area contributed by atoms with Crippen molar-refractivity contribution < 1.29 is 17.9 Å². The number of carbonyl (C=O) groups excluding carboxylic acids is 1. The van der Waals surface area contributed by atoms with E-state index in [1.165, 1.54) is 12.1 Å². The second-order valence-corrected chi connectivity index (χ2v) is 7.77. The third kappa shape index (κ3) is 5.55. The first kappa shape index (κ1) is 20.9. The van der Waals surface area contributed by atoms with Gasteiger partial charge in [-0.25, -0.2) is 13.1 Å². The van der Waals surface area contributed by atoms with E-state index in [-0.39, 0.29) is 17.3 Å². The van der Waals surface area contributed by atoms with Crippen LogP contribution in [-0.4, -0.2) is 46.0 Å². The van der Waals surface area contributed by atoms with Crippen molar-refractivity contribution in [3.63, 3.8) is 0 Å². The number of ether oxygens (including phenoxy) is 1. The van der Waals surface area contributed by atoms with Gasteiger partial charge in [-0.2, -0.15) is 0 Å². The zero-order chi connectivity index (χ0) is 19.9. The Hall–Kier alpha value is -2.38. The average Bonchev–Trinajstić information content (AvgIpc) is 2.69. The number of benzene rings is 2. The monoisotopic (exact) mass is 390 g/mol. The third-order valence-corrected chi connectivity index (χ3v) is 5.74. The van der Waals surface area contributed by atoms with Gasteiger partial charge in [0.15, 0.2) is 0 Å².